The van der Waals surface area contributed by atoms with Crippen molar-refractivity contribution in [2.24, 2.45) is 15.5 Å². The van der Waals surface area contributed by atoms with Crippen LogP contribution >= 0.6 is 0 Å². The summed E-state index contributed by atoms with van der Waals surface area (Å²) in [6.45, 7) is 5.98. The number of hydrazone groups is 1. The number of aliphatic imine (C=N–C) groups is 1. The standard InChI is InChI=1S/C21H22N8/c1-3-22-8-13-6-14(10-24-9-13)15-7-21(2)18(28-29-20(21)25-11-15)19-26-16-4-5-23-12-17(16)27-19/h4-6,9-12,22H,3,7-8H2,1-2H3,(H,25,29)(H,26,27). The molecule has 146 valence electrons. The van der Waals surface area contributed by atoms with E-state index >= 15 is 0 Å². The summed E-state index contributed by atoms with van der Waals surface area (Å²) in [7, 11) is 0. The minimum Gasteiger partial charge on any atom is -0.336 e. The van der Waals surface area contributed by atoms with Gasteiger partial charge in [0.2, 0.25) is 0 Å². The van der Waals surface area contributed by atoms with Gasteiger partial charge in [-0.1, -0.05) is 6.92 Å². The van der Waals surface area contributed by atoms with Gasteiger partial charge in [0.1, 0.15) is 11.5 Å². The van der Waals surface area contributed by atoms with Gasteiger partial charge in [0.05, 0.1) is 22.6 Å². The molecule has 0 fully saturated rings. The Balaban J connectivity index is 1.47. The molecule has 1 atom stereocenters. The number of hydrogen-bond donors (Lipinski definition) is 3. The third-order valence-corrected chi connectivity index (χ3v) is 5.46. The van der Waals surface area contributed by atoms with Crippen LogP contribution in [0.3, 0.4) is 0 Å². The Kier molecular flexibility index (Phi) is 4.21. The van der Waals surface area contributed by atoms with Gasteiger partial charge in [-0.05, 0) is 48.7 Å². The zero-order chi connectivity index (χ0) is 19.8. The Labute approximate surface area is 168 Å². The zero-order valence-corrected chi connectivity index (χ0v) is 16.4. The molecule has 2 aliphatic heterocycles. The zero-order valence-electron chi connectivity index (χ0n) is 16.4. The normalized spacial score (nSPS) is 20.7. The Bertz CT molecular complexity index is 1140. The van der Waals surface area contributed by atoms with Crippen LogP contribution < -0.4 is 10.7 Å². The molecule has 0 saturated heterocycles. The van der Waals surface area contributed by atoms with Crippen LogP contribution in [0.25, 0.3) is 16.6 Å². The van der Waals surface area contributed by atoms with Crippen molar-refractivity contribution in [1.29, 1.82) is 0 Å². The van der Waals surface area contributed by atoms with Crippen molar-refractivity contribution in [3.63, 3.8) is 0 Å². The molecule has 5 rings (SSSR count). The second-order valence-electron chi connectivity index (χ2n) is 7.55. The molecule has 0 saturated carbocycles. The van der Waals surface area contributed by atoms with Crippen LogP contribution in [-0.4, -0.2) is 38.0 Å². The first-order valence-electron chi connectivity index (χ1n) is 9.74. The maximum absolute atomic E-state index is 4.72. The summed E-state index contributed by atoms with van der Waals surface area (Å²) < 4.78 is 0. The van der Waals surface area contributed by atoms with Gasteiger partial charge in [-0.3, -0.25) is 15.4 Å². The average molecular weight is 386 g/mol. The summed E-state index contributed by atoms with van der Waals surface area (Å²) in [6.07, 6.45) is 10.00. The minimum absolute atomic E-state index is 0.386. The molecular weight excluding hydrogens is 364 g/mol. The molecule has 8 heteroatoms. The largest absolute Gasteiger partial charge is 0.336 e. The van der Waals surface area contributed by atoms with Gasteiger partial charge in [-0.15, -0.1) is 0 Å². The molecule has 0 aromatic carbocycles. The van der Waals surface area contributed by atoms with Crippen molar-refractivity contribution < 1.29 is 0 Å². The number of allylic oxidation sites excluding steroid dienone is 1. The molecule has 0 spiro atoms. The van der Waals surface area contributed by atoms with E-state index in [4.69, 9.17) is 4.98 Å². The second-order valence-corrected chi connectivity index (χ2v) is 7.55. The predicted octanol–water partition coefficient (Wildman–Crippen LogP) is 2.62. The number of pyridine rings is 2. The van der Waals surface area contributed by atoms with Crippen molar-refractivity contribution in [3.8, 4) is 0 Å². The Morgan fingerprint density at radius 2 is 2.14 bits per heavy atom. The molecule has 3 aromatic heterocycles. The van der Waals surface area contributed by atoms with Crippen molar-refractivity contribution in [2.45, 2.75) is 26.8 Å². The molecule has 8 nitrogen and oxygen atoms in total. The molecule has 0 bridgehead atoms. The molecule has 0 aliphatic carbocycles. The number of amidine groups is 1. The number of aromatic nitrogens is 4. The Hall–Kier alpha value is -3.39. The fraction of sp³-hybridized carbons (Fsp3) is 0.286. The highest BCUT2D eigenvalue weighted by molar-refractivity contribution is 6.21. The number of fused-ring (bicyclic) bond motifs is 2. The van der Waals surface area contributed by atoms with Crippen molar-refractivity contribution in [1.82, 2.24) is 30.7 Å². The SMILES string of the molecule is CCNCc1cncc(C2=CN=C3NN=C(c4nc5ccncc5[nH]4)C3(C)C2)c1. The van der Waals surface area contributed by atoms with Crippen molar-refractivity contribution >= 4 is 28.2 Å². The summed E-state index contributed by atoms with van der Waals surface area (Å²) in [4.78, 5) is 21.3. The Morgan fingerprint density at radius 1 is 1.21 bits per heavy atom. The van der Waals surface area contributed by atoms with Crippen molar-refractivity contribution in [3.05, 3.63) is 60.1 Å². The molecule has 0 radical (unpaired) electrons. The van der Waals surface area contributed by atoms with Crippen LogP contribution in [0, 0.1) is 5.41 Å². The summed E-state index contributed by atoms with van der Waals surface area (Å²) in [5, 5.41) is 7.91. The van der Waals surface area contributed by atoms with E-state index in [2.05, 4.69) is 55.7 Å². The van der Waals surface area contributed by atoms with Gasteiger partial charge in [0.15, 0.2) is 5.82 Å². The second kappa shape index (κ2) is 6.89. The summed E-state index contributed by atoms with van der Waals surface area (Å²) in [6, 6.07) is 4.07. The molecule has 29 heavy (non-hydrogen) atoms. The number of nitrogens with zero attached hydrogens (tertiary/aromatic N) is 5. The van der Waals surface area contributed by atoms with Crippen molar-refractivity contribution in [2.75, 3.05) is 6.54 Å². The molecule has 1 unspecified atom stereocenters. The fourth-order valence-electron chi connectivity index (χ4n) is 3.86. The van der Waals surface area contributed by atoms with Gasteiger partial charge >= 0.3 is 0 Å². The van der Waals surface area contributed by atoms with Crippen LogP contribution in [0.15, 0.2) is 53.2 Å². The van der Waals surface area contributed by atoms with Gasteiger partial charge in [0.25, 0.3) is 0 Å². The van der Waals surface area contributed by atoms with Crippen LogP contribution in [0.2, 0.25) is 0 Å². The number of imidazole rings is 1. The van der Waals surface area contributed by atoms with E-state index in [-0.39, 0.29) is 5.41 Å². The summed E-state index contributed by atoms with van der Waals surface area (Å²) in [5.74, 6) is 1.58. The van der Waals surface area contributed by atoms with E-state index in [9.17, 15) is 0 Å². The van der Waals surface area contributed by atoms with Crippen LogP contribution in [0.5, 0.6) is 0 Å². The highest BCUT2D eigenvalue weighted by atomic mass is 15.4. The lowest BCUT2D eigenvalue weighted by molar-refractivity contribution is 0.655. The molecule has 5 heterocycles. The summed E-state index contributed by atoms with van der Waals surface area (Å²) in [5.41, 5.74) is 8.72. The smallest absolute Gasteiger partial charge is 0.155 e. The third-order valence-electron chi connectivity index (χ3n) is 5.46. The molecule has 3 N–H and O–H groups in total. The quantitative estimate of drug-likeness (QED) is 0.625. The van der Waals surface area contributed by atoms with E-state index in [0.717, 1.165) is 64.6 Å². The molecule has 3 aromatic rings. The first kappa shape index (κ1) is 17.7. The van der Waals surface area contributed by atoms with Gasteiger partial charge in [0, 0.05) is 31.3 Å². The number of H-pyrrole nitrogens is 1. The van der Waals surface area contributed by atoms with Gasteiger partial charge < -0.3 is 10.3 Å². The molecule has 0 amide bonds. The maximum Gasteiger partial charge on any atom is 0.155 e. The lowest BCUT2D eigenvalue weighted by Gasteiger charge is -2.29. The number of nitrogens with one attached hydrogen (secondary N) is 3. The minimum atomic E-state index is -0.386. The average Bonchev–Trinajstić information content (AvgIpc) is 3.32. The predicted molar refractivity (Wildman–Crippen MR) is 113 cm³/mol. The van der Waals surface area contributed by atoms with Gasteiger partial charge in [-0.2, -0.15) is 5.10 Å². The number of hydrogen-bond acceptors (Lipinski definition) is 7. The van der Waals surface area contributed by atoms with Gasteiger partial charge in [-0.25, -0.2) is 9.98 Å². The third kappa shape index (κ3) is 3.01. The van der Waals surface area contributed by atoms with E-state index in [1.807, 2.05) is 24.7 Å². The fourth-order valence-corrected chi connectivity index (χ4v) is 3.86. The number of aromatic amines is 1. The molecule has 2 aliphatic rings. The topological polar surface area (TPSA) is 103 Å². The molecular formula is C21H22N8. The number of rotatable bonds is 5. The maximum atomic E-state index is 4.72. The monoisotopic (exact) mass is 386 g/mol. The lowest BCUT2D eigenvalue weighted by atomic mass is 9.76. The summed E-state index contributed by atoms with van der Waals surface area (Å²) >= 11 is 0. The first-order chi connectivity index (χ1) is 14.2. The van der Waals surface area contributed by atoms with Crippen LogP contribution in [0.4, 0.5) is 0 Å². The van der Waals surface area contributed by atoms with Crippen LogP contribution in [0.1, 0.15) is 37.2 Å². The van der Waals surface area contributed by atoms with Crippen LogP contribution in [-0.2, 0) is 6.54 Å². The van der Waals surface area contributed by atoms with E-state index in [1.165, 1.54) is 0 Å². The highest BCUT2D eigenvalue weighted by Crippen LogP contribution is 2.40. The van der Waals surface area contributed by atoms with E-state index < -0.39 is 0 Å². The first-order valence-corrected chi connectivity index (χ1v) is 9.74. The highest BCUT2D eigenvalue weighted by Gasteiger charge is 2.45. The van der Waals surface area contributed by atoms with E-state index in [1.54, 1.807) is 12.4 Å². The van der Waals surface area contributed by atoms with E-state index in [0.29, 0.717) is 0 Å². The lowest BCUT2D eigenvalue weighted by Crippen LogP contribution is -2.38. The Morgan fingerprint density at radius 3 is 3.00 bits per heavy atom.